The average molecular weight is 219 g/mol. The number of rotatable bonds is 2. The number of halogens is 1. The highest BCUT2D eigenvalue weighted by atomic mass is 35.5. The van der Waals surface area contributed by atoms with Crippen molar-refractivity contribution in [3.63, 3.8) is 0 Å². The molecular formula is C10H7ClN4. The molecule has 15 heavy (non-hydrogen) atoms. The van der Waals surface area contributed by atoms with Crippen LogP contribution in [0.2, 0.25) is 5.02 Å². The summed E-state index contributed by atoms with van der Waals surface area (Å²) in [6, 6.07) is 9.35. The van der Waals surface area contributed by atoms with Crippen molar-refractivity contribution in [3.8, 4) is 17.3 Å². The largest absolute Gasteiger partial charge is 0.231 e. The molecule has 74 valence electrons. The van der Waals surface area contributed by atoms with Crippen molar-refractivity contribution in [3.05, 3.63) is 35.5 Å². The van der Waals surface area contributed by atoms with Gasteiger partial charge in [-0.3, -0.25) is 0 Å². The molecule has 5 heteroatoms. The first kappa shape index (κ1) is 9.69. The molecular weight excluding hydrogens is 212 g/mol. The molecule has 0 aliphatic rings. The van der Waals surface area contributed by atoms with Crippen molar-refractivity contribution in [1.29, 1.82) is 5.26 Å². The third-order valence-corrected chi connectivity index (χ3v) is 2.23. The van der Waals surface area contributed by atoms with Gasteiger partial charge in [0, 0.05) is 10.6 Å². The van der Waals surface area contributed by atoms with Crippen LogP contribution in [0, 0.1) is 11.3 Å². The first-order chi connectivity index (χ1) is 7.31. The van der Waals surface area contributed by atoms with Gasteiger partial charge in [0.25, 0.3) is 0 Å². The molecule has 1 aromatic carbocycles. The van der Waals surface area contributed by atoms with Crippen LogP contribution in [-0.2, 0) is 6.54 Å². The van der Waals surface area contributed by atoms with E-state index < -0.39 is 0 Å². The molecule has 0 radical (unpaired) electrons. The maximum atomic E-state index is 8.59. The van der Waals surface area contributed by atoms with Crippen LogP contribution >= 0.6 is 11.6 Å². The summed E-state index contributed by atoms with van der Waals surface area (Å²) in [5.74, 6) is 0. The van der Waals surface area contributed by atoms with Crippen LogP contribution in [0.1, 0.15) is 0 Å². The Morgan fingerprint density at radius 1 is 1.33 bits per heavy atom. The monoisotopic (exact) mass is 218 g/mol. The zero-order chi connectivity index (χ0) is 10.7. The summed E-state index contributed by atoms with van der Waals surface area (Å²) in [6.45, 7) is 0.192. The van der Waals surface area contributed by atoms with Crippen molar-refractivity contribution in [2.45, 2.75) is 6.54 Å². The Kier molecular flexibility index (Phi) is 2.66. The first-order valence-electron chi connectivity index (χ1n) is 4.32. The van der Waals surface area contributed by atoms with Crippen LogP contribution in [0.4, 0.5) is 0 Å². The molecule has 0 fully saturated rings. The molecule has 0 aliphatic carbocycles. The van der Waals surface area contributed by atoms with Crippen LogP contribution in [0.15, 0.2) is 30.5 Å². The predicted molar refractivity (Wildman–Crippen MR) is 56.1 cm³/mol. The second-order valence-electron chi connectivity index (χ2n) is 2.94. The van der Waals surface area contributed by atoms with Crippen LogP contribution in [0.3, 0.4) is 0 Å². The second kappa shape index (κ2) is 4.11. The lowest BCUT2D eigenvalue weighted by Gasteiger charge is -2.01. The van der Waals surface area contributed by atoms with Gasteiger partial charge in [-0.2, -0.15) is 5.26 Å². The van der Waals surface area contributed by atoms with Gasteiger partial charge < -0.3 is 0 Å². The number of hydrogen-bond acceptors (Lipinski definition) is 3. The summed E-state index contributed by atoms with van der Waals surface area (Å²) >= 11 is 5.78. The summed E-state index contributed by atoms with van der Waals surface area (Å²) in [5, 5.41) is 16.9. The Bertz CT molecular complexity index is 495. The summed E-state index contributed by atoms with van der Waals surface area (Å²) in [4.78, 5) is 0. The van der Waals surface area contributed by atoms with E-state index in [9.17, 15) is 0 Å². The van der Waals surface area contributed by atoms with Gasteiger partial charge in [0.1, 0.15) is 6.54 Å². The quantitative estimate of drug-likeness (QED) is 0.776. The van der Waals surface area contributed by atoms with E-state index in [1.807, 2.05) is 18.2 Å². The summed E-state index contributed by atoms with van der Waals surface area (Å²) in [6.07, 6.45) is 1.63. The Labute approximate surface area is 91.7 Å². The molecule has 1 aromatic heterocycles. The highest BCUT2D eigenvalue weighted by Crippen LogP contribution is 2.20. The van der Waals surface area contributed by atoms with Crippen molar-refractivity contribution in [2.24, 2.45) is 0 Å². The average Bonchev–Trinajstić information content (AvgIpc) is 2.68. The van der Waals surface area contributed by atoms with Gasteiger partial charge in [-0.1, -0.05) is 28.9 Å². The lowest BCUT2D eigenvalue weighted by atomic mass is 10.2. The lowest BCUT2D eigenvalue weighted by molar-refractivity contribution is 0.674. The minimum Gasteiger partial charge on any atom is -0.231 e. The Morgan fingerprint density at radius 3 is 2.73 bits per heavy atom. The van der Waals surface area contributed by atoms with E-state index >= 15 is 0 Å². The molecule has 2 rings (SSSR count). The van der Waals surface area contributed by atoms with E-state index in [0.717, 1.165) is 11.3 Å². The Hall–Kier alpha value is -1.86. The van der Waals surface area contributed by atoms with Gasteiger partial charge in [-0.25, -0.2) is 4.68 Å². The summed E-state index contributed by atoms with van der Waals surface area (Å²) in [7, 11) is 0. The SMILES string of the molecule is N#CCn1nncc1-c1ccc(Cl)cc1. The van der Waals surface area contributed by atoms with Crippen LogP contribution < -0.4 is 0 Å². The van der Waals surface area contributed by atoms with Gasteiger partial charge in [0.2, 0.25) is 0 Å². The molecule has 0 bridgehead atoms. The first-order valence-corrected chi connectivity index (χ1v) is 4.70. The maximum Gasteiger partial charge on any atom is 0.130 e. The normalized spacial score (nSPS) is 9.87. The molecule has 0 spiro atoms. The molecule has 1 heterocycles. The highest BCUT2D eigenvalue weighted by molar-refractivity contribution is 6.30. The molecule has 0 N–H and O–H groups in total. The Balaban J connectivity index is 2.41. The smallest absolute Gasteiger partial charge is 0.130 e. The molecule has 0 unspecified atom stereocenters. The number of nitrogens with zero attached hydrogens (tertiary/aromatic N) is 4. The maximum absolute atomic E-state index is 8.59. The van der Waals surface area contributed by atoms with E-state index in [0.29, 0.717) is 5.02 Å². The van der Waals surface area contributed by atoms with Crippen LogP contribution in [0.25, 0.3) is 11.3 Å². The van der Waals surface area contributed by atoms with Gasteiger partial charge in [-0.05, 0) is 12.1 Å². The third kappa shape index (κ3) is 1.97. The zero-order valence-corrected chi connectivity index (χ0v) is 8.52. The fraction of sp³-hybridized carbons (Fsp3) is 0.100. The van der Waals surface area contributed by atoms with E-state index in [1.165, 1.54) is 0 Å². The van der Waals surface area contributed by atoms with Gasteiger partial charge >= 0.3 is 0 Å². The van der Waals surface area contributed by atoms with Gasteiger partial charge in [-0.15, -0.1) is 5.10 Å². The molecule has 0 amide bonds. The fourth-order valence-electron chi connectivity index (χ4n) is 1.29. The number of aromatic nitrogens is 3. The molecule has 0 atom stereocenters. The Morgan fingerprint density at radius 2 is 2.07 bits per heavy atom. The second-order valence-corrected chi connectivity index (χ2v) is 3.38. The van der Waals surface area contributed by atoms with Gasteiger partial charge in [0.15, 0.2) is 0 Å². The molecule has 0 aliphatic heterocycles. The van der Waals surface area contributed by atoms with Crippen molar-refractivity contribution >= 4 is 11.6 Å². The molecule has 2 aromatic rings. The minimum atomic E-state index is 0.192. The van der Waals surface area contributed by atoms with E-state index in [2.05, 4.69) is 10.3 Å². The van der Waals surface area contributed by atoms with Crippen molar-refractivity contribution in [1.82, 2.24) is 15.0 Å². The highest BCUT2D eigenvalue weighted by Gasteiger charge is 2.05. The standard InChI is InChI=1S/C10H7ClN4/c11-9-3-1-8(2-4-9)10-7-13-14-15(10)6-5-12/h1-4,7H,6H2. The zero-order valence-electron chi connectivity index (χ0n) is 7.76. The van der Waals surface area contributed by atoms with Crippen molar-refractivity contribution in [2.75, 3.05) is 0 Å². The predicted octanol–water partition coefficient (Wildman–Crippen LogP) is 2.12. The van der Waals surface area contributed by atoms with E-state index in [-0.39, 0.29) is 6.54 Å². The minimum absolute atomic E-state index is 0.192. The number of hydrogen-bond donors (Lipinski definition) is 0. The fourth-order valence-corrected chi connectivity index (χ4v) is 1.41. The van der Waals surface area contributed by atoms with E-state index in [1.54, 1.807) is 23.0 Å². The number of benzene rings is 1. The topological polar surface area (TPSA) is 54.5 Å². The third-order valence-electron chi connectivity index (χ3n) is 1.98. The van der Waals surface area contributed by atoms with Gasteiger partial charge in [0.05, 0.1) is 18.0 Å². The summed E-state index contributed by atoms with van der Waals surface area (Å²) in [5.41, 5.74) is 1.76. The van der Waals surface area contributed by atoms with E-state index in [4.69, 9.17) is 16.9 Å². The molecule has 4 nitrogen and oxygen atoms in total. The van der Waals surface area contributed by atoms with Crippen LogP contribution in [0.5, 0.6) is 0 Å². The molecule has 0 saturated heterocycles. The van der Waals surface area contributed by atoms with Crippen LogP contribution in [-0.4, -0.2) is 15.0 Å². The number of nitriles is 1. The lowest BCUT2D eigenvalue weighted by Crippen LogP contribution is -2.00. The molecule has 0 saturated carbocycles. The van der Waals surface area contributed by atoms with Crippen molar-refractivity contribution < 1.29 is 0 Å². The summed E-state index contributed by atoms with van der Waals surface area (Å²) < 4.78 is 1.54.